The van der Waals surface area contributed by atoms with Crippen LogP contribution in [0.3, 0.4) is 0 Å². The lowest BCUT2D eigenvalue weighted by Crippen LogP contribution is -2.40. The predicted molar refractivity (Wildman–Crippen MR) is 110 cm³/mol. The van der Waals surface area contributed by atoms with Gasteiger partial charge >= 0.3 is 0 Å². The van der Waals surface area contributed by atoms with E-state index in [9.17, 15) is 4.79 Å². The lowest BCUT2D eigenvalue weighted by molar-refractivity contribution is -0.122. The van der Waals surface area contributed by atoms with E-state index in [1.165, 1.54) is 11.1 Å². The zero-order chi connectivity index (χ0) is 17.5. The summed E-state index contributed by atoms with van der Waals surface area (Å²) in [7, 11) is 0. The molecule has 2 aromatic carbocycles. The zero-order valence-electron chi connectivity index (χ0n) is 15.1. The van der Waals surface area contributed by atoms with Crippen molar-refractivity contribution < 1.29 is 4.79 Å². The Labute approximate surface area is 162 Å². The van der Waals surface area contributed by atoms with Crippen LogP contribution in [-0.2, 0) is 11.2 Å². The molecule has 0 aliphatic heterocycles. The van der Waals surface area contributed by atoms with E-state index in [0.717, 1.165) is 32.1 Å². The Morgan fingerprint density at radius 3 is 2.15 bits per heavy atom. The van der Waals surface area contributed by atoms with Crippen LogP contribution in [0, 0.1) is 0 Å². The Kier molecular flexibility index (Phi) is 8.14. The summed E-state index contributed by atoms with van der Waals surface area (Å²) in [4.78, 5) is 12.6. The van der Waals surface area contributed by atoms with Gasteiger partial charge in [-0.05, 0) is 49.1 Å². The van der Waals surface area contributed by atoms with Crippen LogP contribution in [0.25, 0.3) is 0 Å². The van der Waals surface area contributed by atoms with E-state index < -0.39 is 0 Å². The number of benzene rings is 2. The van der Waals surface area contributed by atoms with Gasteiger partial charge in [0, 0.05) is 18.5 Å². The number of rotatable bonds is 6. The van der Waals surface area contributed by atoms with Gasteiger partial charge in [-0.3, -0.25) is 4.79 Å². The number of carbonyl (C=O) groups excluding carboxylic acids is 1. The second kappa shape index (κ2) is 10.3. The van der Waals surface area contributed by atoms with Crippen molar-refractivity contribution in [1.82, 2.24) is 5.32 Å². The molecule has 0 spiro atoms. The topological polar surface area (TPSA) is 55.1 Å². The van der Waals surface area contributed by atoms with Gasteiger partial charge < -0.3 is 11.1 Å². The van der Waals surface area contributed by atoms with Gasteiger partial charge in [0.15, 0.2) is 0 Å². The molecule has 26 heavy (non-hydrogen) atoms. The first kappa shape index (κ1) is 20.5. The highest BCUT2D eigenvalue weighted by atomic mass is 35.5. The third-order valence-corrected chi connectivity index (χ3v) is 5.16. The maximum Gasteiger partial charge on any atom is 0.220 e. The van der Waals surface area contributed by atoms with E-state index in [1.807, 2.05) is 24.3 Å². The Morgan fingerprint density at radius 2 is 1.54 bits per heavy atom. The normalized spacial score (nSPS) is 20.7. The van der Waals surface area contributed by atoms with Gasteiger partial charge in [-0.2, -0.15) is 0 Å². The molecule has 2 aromatic rings. The highest BCUT2D eigenvalue weighted by Gasteiger charge is 2.22. The van der Waals surface area contributed by atoms with Crippen LogP contribution in [0.1, 0.15) is 49.1 Å². The van der Waals surface area contributed by atoms with Crippen molar-refractivity contribution in [1.29, 1.82) is 0 Å². The number of nitrogens with one attached hydrogen (secondary N) is 1. The van der Waals surface area contributed by atoms with E-state index >= 15 is 0 Å². The molecule has 3 nitrogen and oxygen atoms in total. The molecule has 140 valence electrons. The quantitative estimate of drug-likeness (QED) is 0.797. The first-order chi connectivity index (χ1) is 12.2. The average molecular weight is 373 g/mol. The van der Waals surface area contributed by atoms with E-state index in [-0.39, 0.29) is 24.2 Å². The first-order valence-electron chi connectivity index (χ1n) is 9.34. The molecule has 1 amide bonds. The summed E-state index contributed by atoms with van der Waals surface area (Å²) in [5.74, 6) is 0.361. The maximum atomic E-state index is 12.6. The molecule has 1 aliphatic carbocycles. The van der Waals surface area contributed by atoms with Crippen LogP contribution >= 0.6 is 12.4 Å². The van der Waals surface area contributed by atoms with Crippen molar-refractivity contribution >= 4 is 18.3 Å². The zero-order valence-corrected chi connectivity index (χ0v) is 16.0. The van der Waals surface area contributed by atoms with Gasteiger partial charge in [0.05, 0.1) is 0 Å². The van der Waals surface area contributed by atoms with Crippen molar-refractivity contribution in [3.8, 4) is 0 Å². The fourth-order valence-electron chi connectivity index (χ4n) is 3.71. The molecule has 0 aromatic heterocycles. The number of nitrogens with two attached hydrogens (primary N) is 1. The summed E-state index contributed by atoms with van der Waals surface area (Å²) in [5, 5.41) is 3.23. The summed E-state index contributed by atoms with van der Waals surface area (Å²) >= 11 is 0. The van der Waals surface area contributed by atoms with Crippen LogP contribution in [0.15, 0.2) is 60.7 Å². The third-order valence-electron chi connectivity index (χ3n) is 5.16. The molecule has 1 fully saturated rings. The van der Waals surface area contributed by atoms with Crippen LogP contribution in [0.2, 0.25) is 0 Å². The monoisotopic (exact) mass is 372 g/mol. The lowest BCUT2D eigenvalue weighted by atomic mass is 9.88. The standard InChI is InChI=1S/C22H28N2O.ClH/c23-20-11-13-21(14-12-20)24-22(25)16-19(18-9-5-2-6-10-18)15-17-7-3-1-4-8-17;/h1-10,19-21H,11-16,23H2,(H,24,25);1H. The Hall–Kier alpha value is -1.84. The maximum absolute atomic E-state index is 12.6. The van der Waals surface area contributed by atoms with E-state index in [0.29, 0.717) is 18.5 Å². The molecule has 3 N–H and O–H groups in total. The summed E-state index contributed by atoms with van der Waals surface area (Å²) in [6, 6.07) is 21.4. The van der Waals surface area contributed by atoms with Gasteiger partial charge in [0.25, 0.3) is 0 Å². The van der Waals surface area contributed by atoms with Crippen molar-refractivity contribution in [2.24, 2.45) is 5.73 Å². The smallest absolute Gasteiger partial charge is 0.220 e. The van der Waals surface area contributed by atoms with Crippen LogP contribution in [0.4, 0.5) is 0 Å². The fourth-order valence-corrected chi connectivity index (χ4v) is 3.71. The van der Waals surface area contributed by atoms with Gasteiger partial charge in [-0.25, -0.2) is 0 Å². The Balaban J connectivity index is 0.00000243. The Bertz CT molecular complexity index is 654. The minimum Gasteiger partial charge on any atom is -0.353 e. The van der Waals surface area contributed by atoms with E-state index in [2.05, 4.69) is 41.7 Å². The average Bonchev–Trinajstić information content (AvgIpc) is 2.65. The van der Waals surface area contributed by atoms with Crippen molar-refractivity contribution in [2.45, 2.75) is 56.5 Å². The lowest BCUT2D eigenvalue weighted by Gasteiger charge is -2.27. The van der Waals surface area contributed by atoms with Crippen molar-refractivity contribution in [2.75, 3.05) is 0 Å². The van der Waals surface area contributed by atoms with Gasteiger partial charge in [-0.1, -0.05) is 60.7 Å². The molecule has 3 rings (SSSR count). The van der Waals surface area contributed by atoms with Gasteiger partial charge in [0.2, 0.25) is 5.91 Å². The van der Waals surface area contributed by atoms with Crippen LogP contribution in [-0.4, -0.2) is 18.0 Å². The summed E-state index contributed by atoms with van der Waals surface area (Å²) < 4.78 is 0. The largest absolute Gasteiger partial charge is 0.353 e. The number of carbonyl (C=O) groups is 1. The molecule has 4 heteroatoms. The van der Waals surface area contributed by atoms with E-state index in [4.69, 9.17) is 5.73 Å². The molecule has 1 aliphatic rings. The van der Waals surface area contributed by atoms with Crippen LogP contribution < -0.4 is 11.1 Å². The Morgan fingerprint density at radius 1 is 0.962 bits per heavy atom. The minimum absolute atomic E-state index is 0. The molecule has 0 bridgehead atoms. The van der Waals surface area contributed by atoms with Crippen molar-refractivity contribution in [3.05, 3.63) is 71.8 Å². The molecule has 0 saturated heterocycles. The molecule has 0 radical (unpaired) electrons. The predicted octanol–water partition coefficient (Wildman–Crippen LogP) is 4.21. The molecule has 0 heterocycles. The van der Waals surface area contributed by atoms with E-state index in [1.54, 1.807) is 0 Å². The third kappa shape index (κ3) is 6.15. The minimum atomic E-state index is 0. The first-order valence-corrected chi connectivity index (χ1v) is 9.34. The number of hydrogen-bond donors (Lipinski definition) is 2. The number of hydrogen-bond acceptors (Lipinski definition) is 2. The molecular formula is C22H29ClN2O. The second-order valence-corrected chi connectivity index (χ2v) is 7.18. The SMILES string of the molecule is Cl.NC1CCC(NC(=O)CC(Cc2ccccc2)c2ccccc2)CC1. The number of halogens is 1. The number of amides is 1. The van der Waals surface area contributed by atoms with Crippen molar-refractivity contribution in [3.63, 3.8) is 0 Å². The molecule has 1 saturated carbocycles. The highest BCUT2D eigenvalue weighted by molar-refractivity contribution is 5.85. The molecule has 1 unspecified atom stereocenters. The highest BCUT2D eigenvalue weighted by Crippen LogP contribution is 2.25. The van der Waals surface area contributed by atoms with Gasteiger partial charge in [-0.15, -0.1) is 12.4 Å². The second-order valence-electron chi connectivity index (χ2n) is 7.18. The summed E-state index contributed by atoms with van der Waals surface area (Å²) in [6.45, 7) is 0. The summed E-state index contributed by atoms with van der Waals surface area (Å²) in [5.41, 5.74) is 8.46. The fraction of sp³-hybridized carbons (Fsp3) is 0.409. The van der Waals surface area contributed by atoms with Crippen LogP contribution in [0.5, 0.6) is 0 Å². The molecular weight excluding hydrogens is 344 g/mol. The van der Waals surface area contributed by atoms with Gasteiger partial charge in [0.1, 0.15) is 0 Å². The summed E-state index contributed by atoms with van der Waals surface area (Å²) in [6.07, 6.45) is 5.44. The molecule has 1 atom stereocenters.